The van der Waals surface area contributed by atoms with E-state index < -0.39 is 0 Å². The van der Waals surface area contributed by atoms with Gasteiger partial charge in [-0.25, -0.2) is 9.97 Å². The monoisotopic (exact) mass is 249 g/mol. The van der Waals surface area contributed by atoms with Gasteiger partial charge in [-0.3, -0.25) is 4.79 Å². The summed E-state index contributed by atoms with van der Waals surface area (Å²) in [5, 5.41) is 6.10. The number of hydrogen-bond acceptors (Lipinski definition) is 5. The van der Waals surface area contributed by atoms with Gasteiger partial charge in [0.2, 0.25) is 5.91 Å². The average Bonchev–Trinajstić information content (AvgIpc) is 2.72. The van der Waals surface area contributed by atoms with Gasteiger partial charge >= 0.3 is 0 Å². The van der Waals surface area contributed by atoms with E-state index >= 15 is 0 Å². The Morgan fingerprint density at radius 2 is 2.33 bits per heavy atom. The molecule has 0 aliphatic carbocycles. The van der Waals surface area contributed by atoms with Crippen LogP contribution in [0.3, 0.4) is 0 Å². The van der Waals surface area contributed by atoms with E-state index in [0.717, 1.165) is 12.2 Å². The third kappa shape index (κ3) is 3.09. The average molecular weight is 249 g/mol. The van der Waals surface area contributed by atoms with Gasteiger partial charge in [0.15, 0.2) is 0 Å². The molecule has 0 radical (unpaired) electrons. The second-order valence-electron chi connectivity index (χ2n) is 4.87. The predicted octanol–water partition coefficient (Wildman–Crippen LogP) is 0.873. The molecule has 0 spiro atoms. The van der Waals surface area contributed by atoms with E-state index in [-0.39, 0.29) is 17.9 Å². The van der Waals surface area contributed by atoms with Crippen LogP contribution < -0.4 is 16.4 Å². The van der Waals surface area contributed by atoms with Crippen LogP contribution in [0.4, 0.5) is 11.6 Å². The number of nitrogens with two attached hydrogens (primary N) is 1. The Labute approximate surface area is 106 Å². The summed E-state index contributed by atoms with van der Waals surface area (Å²) < 4.78 is 0. The Kier molecular flexibility index (Phi) is 3.64. The molecule has 0 saturated carbocycles. The number of aromatic nitrogens is 2. The number of rotatable bonds is 4. The van der Waals surface area contributed by atoms with Gasteiger partial charge < -0.3 is 16.4 Å². The van der Waals surface area contributed by atoms with Crippen molar-refractivity contribution in [1.82, 2.24) is 15.3 Å². The van der Waals surface area contributed by atoms with E-state index in [2.05, 4.69) is 20.6 Å². The summed E-state index contributed by atoms with van der Waals surface area (Å²) in [7, 11) is 0. The van der Waals surface area contributed by atoms with Gasteiger partial charge in [0.1, 0.15) is 17.5 Å². The highest BCUT2D eigenvalue weighted by Crippen LogP contribution is 2.15. The van der Waals surface area contributed by atoms with Crippen molar-refractivity contribution >= 4 is 17.5 Å². The number of carbonyl (C=O) groups is 1. The van der Waals surface area contributed by atoms with Crippen molar-refractivity contribution < 1.29 is 4.79 Å². The van der Waals surface area contributed by atoms with Gasteiger partial charge in [-0.2, -0.15) is 0 Å². The summed E-state index contributed by atoms with van der Waals surface area (Å²) in [6.45, 7) is 4.71. The highest BCUT2D eigenvalue weighted by Gasteiger charge is 2.20. The molecule has 18 heavy (non-hydrogen) atoms. The van der Waals surface area contributed by atoms with Crippen LogP contribution in [0.15, 0.2) is 6.07 Å². The molecule has 2 rings (SSSR count). The van der Waals surface area contributed by atoms with Crippen molar-refractivity contribution in [3.8, 4) is 0 Å². The second-order valence-corrected chi connectivity index (χ2v) is 4.87. The summed E-state index contributed by atoms with van der Waals surface area (Å²) in [4.78, 5) is 19.7. The fourth-order valence-electron chi connectivity index (χ4n) is 1.89. The van der Waals surface area contributed by atoms with Gasteiger partial charge in [0.05, 0.1) is 0 Å². The molecule has 1 unspecified atom stereocenters. The molecule has 1 amide bonds. The van der Waals surface area contributed by atoms with Crippen LogP contribution in [0.25, 0.3) is 0 Å². The van der Waals surface area contributed by atoms with E-state index in [0.29, 0.717) is 24.6 Å². The predicted molar refractivity (Wildman–Crippen MR) is 70.2 cm³/mol. The first-order valence-electron chi connectivity index (χ1n) is 6.22. The maximum atomic E-state index is 11.1. The largest absolute Gasteiger partial charge is 0.384 e. The van der Waals surface area contributed by atoms with E-state index in [1.807, 2.05) is 13.8 Å². The lowest BCUT2D eigenvalue weighted by Crippen LogP contribution is -2.32. The second kappa shape index (κ2) is 5.20. The molecule has 1 aromatic rings. The van der Waals surface area contributed by atoms with Crippen LogP contribution in [-0.2, 0) is 4.79 Å². The van der Waals surface area contributed by atoms with Gasteiger partial charge in [-0.1, -0.05) is 13.8 Å². The first-order valence-corrected chi connectivity index (χ1v) is 6.22. The van der Waals surface area contributed by atoms with Crippen LogP contribution in [0.2, 0.25) is 0 Å². The zero-order chi connectivity index (χ0) is 13.1. The van der Waals surface area contributed by atoms with Crippen LogP contribution in [0, 0.1) is 0 Å². The third-order valence-electron chi connectivity index (χ3n) is 2.89. The van der Waals surface area contributed by atoms with Crippen molar-refractivity contribution in [2.24, 2.45) is 0 Å². The molecule has 0 bridgehead atoms. The minimum atomic E-state index is 0.117. The summed E-state index contributed by atoms with van der Waals surface area (Å²) >= 11 is 0. The summed E-state index contributed by atoms with van der Waals surface area (Å²) in [6.07, 6.45) is 1.47. The Hall–Kier alpha value is -1.85. The fraction of sp³-hybridized carbons (Fsp3) is 0.583. The van der Waals surface area contributed by atoms with Crippen molar-refractivity contribution in [3.05, 3.63) is 11.9 Å². The zero-order valence-electron chi connectivity index (χ0n) is 10.7. The molecule has 98 valence electrons. The Balaban J connectivity index is 1.98. The van der Waals surface area contributed by atoms with Crippen LogP contribution >= 0.6 is 0 Å². The van der Waals surface area contributed by atoms with Crippen LogP contribution in [-0.4, -0.2) is 28.5 Å². The lowest BCUT2D eigenvalue weighted by molar-refractivity contribution is -0.119. The normalized spacial score (nSPS) is 19.1. The maximum absolute atomic E-state index is 11.1. The Morgan fingerprint density at radius 1 is 1.56 bits per heavy atom. The van der Waals surface area contributed by atoms with Crippen molar-refractivity contribution in [1.29, 1.82) is 0 Å². The smallest absolute Gasteiger partial charge is 0.220 e. The molecule has 6 heteroatoms. The number of nitrogens with one attached hydrogen (secondary N) is 2. The Morgan fingerprint density at radius 3 is 2.94 bits per heavy atom. The molecule has 1 aromatic heterocycles. The van der Waals surface area contributed by atoms with E-state index in [9.17, 15) is 4.79 Å². The topological polar surface area (TPSA) is 92.9 Å². The van der Waals surface area contributed by atoms with E-state index in [4.69, 9.17) is 5.73 Å². The summed E-state index contributed by atoms with van der Waals surface area (Å²) in [5.74, 6) is 2.26. The first kappa shape index (κ1) is 12.6. The molecule has 4 N–H and O–H groups in total. The standard InChI is InChI=1S/C12H19N5O/c1-7(2)12-16-9(13)5-10(17-12)14-6-8-3-4-11(18)15-8/h5,7-8H,3-4,6H2,1-2H3,(H,15,18)(H3,13,14,16,17). The number of anilines is 2. The van der Waals surface area contributed by atoms with Gasteiger partial charge in [-0.15, -0.1) is 0 Å². The molecule has 6 nitrogen and oxygen atoms in total. The first-order chi connectivity index (χ1) is 8.54. The maximum Gasteiger partial charge on any atom is 0.220 e. The molecular formula is C12H19N5O. The molecule has 1 aliphatic heterocycles. The van der Waals surface area contributed by atoms with Crippen molar-refractivity contribution in [2.45, 2.75) is 38.6 Å². The van der Waals surface area contributed by atoms with Gasteiger partial charge in [0, 0.05) is 31.0 Å². The minimum absolute atomic E-state index is 0.117. The van der Waals surface area contributed by atoms with Crippen molar-refractivity contribution in [3.63, 3.8) is 0 Å². The third-order valence-corrected chi connectivity index (χ3v) is 2.89. The number of carbonyl (C=O) groups excluding carboxylic acids is 1. The summed E-state index contributed by atoms with van der Waals surface area (Å²) in [5.41, 5.74) is 5.74. The zero-order valence-corrected chi connectivity index (χ0v) is 10.7. The van der Waals surface area contributed by atoms with Crippen molar-refractivity contribution in [2.75, 3.05) is 17.6 Å². The highest BCUT2D eigenvalue weighted by atomic mass is 16.1. The molecule has 0 aromatic carbocycles. The van der Waals surface area contributed by atoms with Gasteiger partial charge in [0.25, 0.3) is 0 Å². The SMILES string of the molecule is CC(C)c1nc(N)cc(NCC2CCC(=O)N2)n1. The molecule has 1 atom stereocenters. The molecule has 1 fully saturated rings. The van der Waals surface area contributed by atoms with Crippen LogP contribution in [0.1, 0.15) is 38.4 Å². The molecule has 2 heterocycles. The number of nitrogens with zero attached hydrogens (tertiary/aromatic N) is 2. The minimum Gasteiger partial charge on any atom is -0.384 e. The quantitative estimate of drug-likeness (QED) is 0.736. The molecular weight excluding hydrogens is 230 g/mol. The lowest BCUT2D eigenvalue weighted by atomic mass is 10.2. The van der Waals surface area contributed by atoms with Crippen LogP contribution in [0.5, 0.6) is 0 Å². The highest BCUT2D eigenvalue weighted by molar-refractivity contribution is 5.78. The van der Waals surface area contributed by atoms with Gasteiger partial charge in [-0.05, 0) is 6.42 Å². The van der Waals surface area contributed by atoms with E-state index in [1.54, 1.807) is 6.07 Å². The fourth-order valence-corrected chi connectivity index (χ4v) is 1.89. The number of hydrogen-bond donors (Lipinski definition) is 3. The lowest BCUT2D eigenvalue weighted by Gasteiger charge is -2.13. The van der Waals surface area contributed by atoms with E-state index in [1.165, 1.54) is 0 Å². The summed E-state index contributed by atoms with van der Waals surface area (Å²) in [6, 6.07) is 1.89. The molecule has 1 saturated heterocycles. The number of amides is 1. The Bertz CT molecular complexity index is 446. The number of nitrogen functional groups attached to an aromatic ring is 1. The molecule has 1 aliphatic rings.